The number of methoxy groups -OCH3 is 1. The predicted octanol–water partition coefficient (Wildman–Crippen LogP) is 4.71. The van der Waals surface area contributed by atoms with Crippen molar-refractivity contribution in [2.45, 2.75) is 51.8 Å². The maximum Gasteiger partial charge on any atom is 0.410 e. The molecule has 1 aliphatic heterocycles. The first kappa shape index (κ1) is 24.8. The van der Waals surface area contributed by atoms with Gasteiger partial charge in [0.1, 0.15) is 11.6 Å². The highest BCUT2D eigenvalue weighted by Gasteiger charge is 2.36. The third-order valence-electron chi connectivity index (χ3n) is 5.37. The van der Waals surface area contributed by atoms with Crippen LogP contribution in [0.5, 0.6) is 0 Å². The molecule has 0 radical (unpaired) electrons. The van der Waals surface area contributed by atoms with Crippen LogP contribution in [0.15, 0.2) is 42.5 Å². The maximum absolute atomic E-state index is 12.9. The summed E-state index contributed by atoms with van der Waals surface area (Å²) in [5.74, 6) is -0.772. The minimum absolute atomic E-state index is 0.165. The molecule has 1 N–H and O–H groups in total. The van der Waals surface area contributed by atoms with Gasteiger partial charge in [0.15, 0.2) is 5.69 Å². The van der Waals surface area contributed by atoms with E-state index in [0.29, 0.717) is 29.8 Å². The van der Waals surface area contributed by atoms with Crippen LogP contribution in [0.2, 0.25) is 0 Å². The number of hydrogen-bond acceptors (Lipinski definition) is 5. The molecule has 1 atom stereocenters. The van der Waals surface area contributed by atoms with Crippen molar-refractivity contribution in [1.29, 1.82) is 0 Å². The van der Waals surface area contributed by atoms with Crippen molar-refractivity contribution < 1.29 is 23.9 Å². The third-order valence-corrected chi connectivity index (χ3v) is 5.37. The Balaban J connectivity index is 1.79. The summed E-state index contributed by atoms with van der Waals surface area (Å²) in [7, 11) is 1.31. The average Bonchev–Trinajstić information content (AvgIpc) is 3.31. The van der Waals surface area contributed by atoms with Crippen LogP contribution in [0.3, 0.4) is 0 Å². The van der Waals surface area contributed by atoms with Crippen molar-refractivity contribution in [1.82, 2.24) is 10.2 Å². The molecule has 1 fully saturated rings. The first-order valence-corrected chi connectivity index (χ1v) is 11.1. The van der Waals surface area contributed by atoms with Crippen LogP contribution in [0, 0.1) is 6.57 Å². The molecule has 0 aliphatic carbocycles. The number of benzene rings is 2. The van der Waals surface area contributed by atoms with Gasteiger partial charge in [0.05, 0.1) is 19.2 Å². The number of carbonyl (C=O) groups is 3. The number of likely N-dealkylation sites (tertiary alicyclic amines) is 1. The van der Waals surface area contributed by atoms with Crippen molar-refractivity contribution in [3.8, 4) is 11.1 Å². The van der Waals surface area contributed by atoms with E-state index in [-0.39, 0.29) is 12.5 Å². The lowest BCUT2D eigenvalue weighted by atomic mass is 9.99. The minimum atomic E-state index is -0.643. The Hall–Kier alpha value is -3.86. The zero-order chi connectivity index (χ0) is 24.9. The molecule has 1 heterocycles. The number of esters is 1. The summed E-state index contributed by atoms with van der Waals surface area (Å²) >= 11 is 0. The summed E-state index contributed by atoms with van der Waals surface area (Å²) in [4.78, 5) is 42.6. The lowest BCUT2D eigenvalue weighted by Crippen LogP contribution is -2.47. The molecular formula is C26H29N3O5. The normalized spacial score (nSPS) is 15.4. The van der Waals surface area contributed by atoms with E-state index in [0.717, 1.165) is 17.5 Å². The molecule has 2 aromatic carbocycles. The predicted molar refractivity (Wildman–Crippen MR) is 127 cm³/mol. The van der Waals surface area contributed by atoms with Gasteiger partial charge in [-0.1, -0.05) is 18.2 Å². The van der Waals surface area contributed by atoms with Crippen LogP contribution in [0.4, 0.5) is 10.5 Å². The van der Waals surface area contributed by atoms with Crippen molar-refractivity contribution in [2.75, 3.05) is 13.7 Å². The lowest BCUT2D eigenvalue weighted by molar-refractivity contribution is -0.125. The SMILES string of the molecule is [C-]#[N+]c1cccc(-c2cc(CNC(=O)[C@@H]3CCCN3C(=O)OC(C)(C)C)cc(C(=O)OC)c2)c1. The topological polar surface area (TPSA) is 89.3 Å². The van der Waals surface area contributed by atoms with Crippen LogP contribution in [0.1, 0.15) is 49.5 Å². The summed E-state index contributed by atoms with van der Waals surface area (Å²) in [6.45, 7) is 13.2. The molecule has 1 saturated heterocycles. The first-order chi connectivity index (χ1) is 16.1. The Morgan fingerprint density at radius 3 is 2.59 bits per heavy atom. The van der Waals surface area contributed by atoms with E-state index in [4.69, 9.17) is 16.0 Å². The number of ether oxygens (including phenoxy) is 2. The van der Waals surface area contributed by atoms with Gasteiger partial charge in [0.2, 0.25) is 5.91 Å². The van der Waals surface area contributed by atoms with Gasteiger partial charge in [0.25, 0.3) is 0 Å². The number of carbonyl (C=O) groups excluding carboxylic acids is 3. The second-order valence-corrected chi connectivity index (χ2v) is 9.12. The average molecular weight is 464 g/mol. The van der Waals surface area contributed by atoms with Gasteiger partial charge in [0, 0.05) is 13.1 Å². The van der Waals surface area contributed by atoms with Crippen molar-refractivity contribution in [3.63, 3.8) is 0 Å². The van der Waals surface area contributed by atoms with E-state index in [1.54, 1.807) is 51.1 Å². The summed E-state index contributed by atoms with van der Waals surface area (Å²) < 4.78 is 10.3. The minimum Gasteiger partial charge on any atom is -0.465 e. The number of nitrogens with zero attached hydrogens (tertiary/aromatic N) is 2. The second-order valence-electron chi connectivity index (χ2n) is 9.12. The lowest BCUT2D eigenvalue weighted by Gasteiger charge is -2.28. The van der Waals surface area contributed by atoms with E-state index in [1.807, 2.05) is 12.1 Å². The van der Waals surface area contributed by atoms with Crippen LogP contribution >= 0.6 is 0 Å². The van der Waals surface area contributed by atoms with Gasteiger partial charge >= 0.3 is 12.1 Å². The second kappa shape index (κ2) is 10.4. The van der Waals surface area contributed by atoms with Gasteiger partial charge in [-0.05, 0) is 74.6 Å². The van der Waals surface area contributed by atoms with Gasteiger partial charge in [-0.25, -0.2) is 14.4 Å². The standard InChI is InChI=1S/C26H29N3O5/c1-26(2,3)34-25(32)29-11-7-10-22(29)23(30)28-16-17-12-19(14-20(13-17)24(31)33-5)18-8-6-9-21(15-18)27-4/h6,8-9,12-15,22H,7,10-11,16H2,1-3,5H3,(H,28,30)/t22-/m0/s1. The molecule has 2 aromatic rings. The third kappa shape index (κ3) is 6.13. The summed E-state index contributed by atoms with van der Waals surface area (Å²) in [6, 6.07) is 11.7. The molecule has 0 bridgehead atoms. The fourth-order valence-electron chi connectivity index (χ4n) is 3.84. The fourth-order valence-corrected chi connectivity index (χ4v) is 3.84. The summed E-state index contributed by atoms with van der Waals surface area (Å²) in [6.07, 6.45) is 0.776. The number of nitrogens with one attached hydrogen (secondary N) is 1. The summed E-state index contributed by atoms with van der Waals surface area (Å²) in [5, 5.41) is 2.88. The highest BCUT2D eigenvalue weighted by molar-refractivity contribution is 5.91. The first-order valence-electron chi connectivity index (χ1n) is 11.1. The molecule has 8 nitrogen and oxygen atoms in total. The Bertz CT molecular complexity index is 1130. The molecule has 0 spiro atoms. The monoisotopic (exact) mass is 463 g/mol. The fraction of sp³-hybridized carbons (Fsp3) is 0.385. The maximum atomic E-state index is 12.9. The van der Waals surface area contributed by atoms with E-state index < -0.39 is 23.7 Å². The van der Waals surface area contributed by atoms with Crippen LogP contribution < -0.4 is 5.32 Å². The molecule has 0 unspecified atom stereocenters. The van der Waals surface area contributed by atoms with Crippen LogP contribution in [0.25, 0.3) is 16.0 Å². The van der Waals surface area contributed by atoms with E-state index >= 15 is 0 Å². The van der Waals surface area contributed by atoms with Gasteiger partial charge in [-0.2, -0.15) is 0 Å². The smallest absolute Gasteiger partial charge is 0.410 e. The Labute approximate surface area is 199 Å². The number of amides is 2. The Morgan fingerprint density at radius 1 is 1.15 bits per heavy atom. The molecule has 0 aromatic heterocycles. The molecule has 34 heavy (non-hydrogen) atoms. The molecule has 8 heteroatoms. The largest absolute Gasteiger partial charge is 0.465 e. The van der Waals surface area contributed by atoms with Crippen molar-refractivity contribution in [2.24, 2.45) is 0 Å². The molecular weight excluding hydrogens is 434 g/mol. The van der Waals surface area contributed by atoms with Gasteiger partial charge in [-0.15, -0.1) is 0 Å². The summed E-state index contributed by atoms with van der Waals surface area (Å²) in [5.41, 5.74) is 2.39. The molecule has 3 rings (SSSR count). The van der Waals surface area contributed by atoms with E-state index in [1.165, 1.54) is 12.0 Å². The zero-order valence-corrected chi connectivity index (χ0v) is 19.9. The zero-order valence-electron chi connectivity index (χ0n) is 19.9. The molecule has 0 saturated carbocycles. The van der Waals surface area contributed by atoms with Crippen molar-refractivity contribution in [3.05, 3.63) is 65.0 Å². The van der Waals surface area contributed by atoms with E-state index in [9.17, 15) is 14.4 Å². The highest BCUT2D eigenvalue weighted by atomic mass is 16.6. The quantitative estimate of drug-likeness (QED) is 0.513. The number of hydrogen-bond donors (Lipinski definition) is 1. The molecule has 178 valence electrons. The number of rotatable bonds is 5. The molecule has 2 amide bonds. The van der Waals surface area contributed by atoms with Gasteiger partial charge < -0.3 is 14.8 Å². The van der Waals surface area contributed by atoms with Crippen molar-refractivity contribution >= 4 is 23.7 Å². The van der Waals surface area contributed by atoms with Crippen LogP contribution in [-0.2, 0) is 20.8 Å². The molecule has 1 aliphatic rings. The Morgan fingerprint density at radius 2 is 1.91 bits per heavy atom. The van der Waals surface area contributed by atoms with Crippen LogP contribution in [-0.4, -0.2) is 48.2 Å². The Kier molecular flexibility index (Phi) is 7.57. The van der Waals surface area contributed by atoms with E-state index in [2.05, 4.69) is 10.2 Å². The highest BCUT2D eigenvalue weighted by Crippen LogP contribution is 2.27. The van der Waals surface area contributed by atoms with Gasteiger partial charge in [-0.3, -0.25) is 9.69 Å².